The van der Waals surface area contributed by atoms with E-state index in [1.54, 1.807) is 7.11 Å². The lowest BCUT2D eigenvalue weighted by Gasteiger charge is -2.52. The van der Waals surface area contributed by atoms with E-state index in [-0.39, 0.29) is 35.3 Å². The molecule has 30 heavy (non-hydrogen) atoms. The number of guanidine groups is 1. The van der Waals surface area contributed by atoms with E-state index in [1.807, 2.05) is 7.05 Å². The van der Waals surface area contributed by atoms with Crippen molar-refractivity contribution in [3.05, 3.63) is 0 Å². The average molecular weight is 540 g/mol. The molecule has 1 aliphatic carbocycles. The number of unbranched alkanes of at least 4 members (excludes halogenated alkanes) is 1. The summed E-state index contributed by atoms with van der Waals surface area (Å²) >= 11 is 0. The Bertz CT molecular complexity index is 539. The summed E-state index contributed by atoms with van der Waals surface area (Å²) in [7, 11) is 3.48. The number of hydrogen-bond donors (Lipinski definition) is 2. The quantitative estimate of drug-likeness (QED) is 0.190. The summed E-state index contributed by atoms with van der Waals surface area (Å²) in [5.41, 5.74) is 0.103. The van der Waals surface area contributed by atoms with Gasteiger partial charge in [-0.2, -0.15) is 0 Å². The highest BCUT2D eigenvalue weighted by Crippen LogP contribution is 2.42. The Labute approximate surface area is 199 Å². The fraction of sp³-hybridized carbons (Fsp3) is 0.905. The van der Waals surface area contributed by atoms with Gasteiger partial charge in [0.05, 0.1) is 19.3 Å². The van der Waals surface area contributed by atoms with Gasteiger partial charge in [0.2, 0.25) is 5.91 Å². The molecule has 9 heteroatoms. The molecule has 2 atom stereocenters. The van der Waals surface area contributed by atoms with E-state index in [1.165, 1.54) is 6.42 Å². The predicted octanol–water partition coefficient (Wildman–Crippen LogP) is 1.54. The van der Waals surface area contributed by atoms with E-state index in [0.717, 1.165) is 51.6 Å². The number of nitrogens with zero attached hydrogens (tertiary/aromatic N) is 3. The molecule has 0 aromatic heterocycles. The zero-order valence-corrected chi connectivity index (χ0v) is 21.7. The largest absolute Gasteiger partial charge is 0.383 e. The predicted molar refractivity (Wildman–Crippen MR) is 132 cm³/mol. The first-order valence-corrected chi connectivity index (χ1v) is 11.0. The number of carbonyl (C=O) groups is 1. The Morgan fingerprint density at radius 1 is 1.20 bits per heavy atom. The van der Waals surface area contributed by atoms with Crippen LogP contribution in [0.2, 0.25) is 0 Å². The molecule has 8 nitrogen and oxygen atoms in total. The smallest absolute Gasteiger partial charge is 0.234 e. The topological polar surface area (TPSA) is 78.4 Å². The van der Waals surface area contributed by atoms with Crippen LogP contribution in [0.25, 0.3) is 0 Å². The molecule has 2 aliphatic rings. The first-order chi connectivity index (χ1) is 13.9. The Hall–Kier alpha value is -0.650. The van der Waals surface area contributed by atoms with Crippen molar-refractivity contribution >= 4 is 35.8 Å². The molecule has 1 saturated carbocycles. The number of halogens is 1. The molecule has 2 rings (SSSR count). The standard InChI is InChI=1S/C21H41N5O3.HI/c1-6-7-13-29-18-15-17(21(18,2)3)24-20(22-4)26-11-9-25(10-12-26)16-19(27)23-8-14-28-5;/h17-18H,6-16H2,1-5H3,(H,22,24)(H,23,27);1H. The van der Waals surface area contributed by atoms with Crippen molar-refractivity contribution in [1.29, 1.82) is 0 Å². The third kappa shape index (κ3) is 7.80. The van der Waals surface area contributed by atoms with Crippen molar-refractivity contribution in [1.82, 2.24) is 20.4 Å². The maximum Gasteiger partial charge on any atom is 0.234 e. The summed E-state index contributed by atoms with van der Waals surface area (Å²) in [5.74, 6) is 1.02. The average Bonchev–Trinajstić information content (AvgIpc) is 2.70. The van der Waals surface area contributed by atoms with Gasteiger partial charge in [-0.1, -0.05) is 27.2 Å². The highest BCUT2D eigenvalue weighted by molar-refractivity contribution is 14.0. The van der Waals surface area contributed by atoms with E-state index in [0.29, 0.717) is 31.8 Å². The Morgan fingerprint density at radius 2 is 1.90 bits per heavy atom. The van der Waals surface area contributed by atoms with Crippen LogP contribution in [0.5, 0.6) is 0 Å². The summed E-state index contributed by atoms with van der Waals surface area (Å²) in [6, 6.07) is 0.373. The molecule has 0 spiro atoms. The highest BCUT2D eigenvalue weighted by atomic mass is 127. The number of rotatable bonds is 10. The van der Waals surface area contributed by atoms with E-state index >= 15 is 0 Å². The SMILES string of the molecule is CCCCOC1CC(NC(=NC)N2CCN(CC(=O)NCCOC)CC2)C1(C)C.I. The third-order valence-corrected chi connectivity index (χ3v) is 6.18. The zero-order chi connectivity index (χ0) is 21.3. The second-order valence-electron chi connectivity index (χ2n) is 8.62. The van der Waals surface area contributed by atoms with Crippen LogP contribution in [0.4, 0.5) is 0 Å². The molecule has 2 N–H and O–H groups in total. The molecule has 1 aliphatic heterocycles. The maximum atomic E-state index is 12.0. The molecule has 1 saturated heterocycles. The number of aliphatic imine (C=N–C) groups is 1. The van der Waals surface area contributed by atoms with E-state index < -0.39 is 0 Å². The third-order valence-electron chi connectivity index (χ3n) is 6.18. The molecular weight excluding hydrogens is 497 g/mol. The fourth-order valence-corrected chi connectivity index (χ4v) is 3.91. The summed E-state index contributed by atoms with van der Waals surface area (Å²) in [6.45, 7) is 12.6. The summed E-state index contributed by atoms with van der Waals surface area (Å²) in [5, 5.41) is 6.54. The lowest BCUT2D eigenvalue weighted by molar-refractivity contribution is -0.122. The first-order valence-electron chi connectivity index (χ1n) is 11.0. The van der Waals surface area contributed by atoms with Gasteiger partial charge in [0.1, 0.15) is 0 Å². The van der Waals surface area contributed by atoms with Gasteiger partial charge in [-0.05, 0) is 12.8 Å². The van der Waals surface area contributed by atoms with Crippen LogP contribution >= 0.6 is 24.0 Å². The van der Waals surface area contributed by atoms with Crippen LogP contribution in [0.15, 0.2) is 4.99 Å². The Balaban J connectivity index is 0.00000450. The molecule has 1 heterocycles. The minimum absolute atomic E-state index is 0. The van der Waals surface area contributed by atoms with Gasteiger partial charge in [0.25, 0.3) is 0 Å². The Kier molecular flexibility index (Phi) is 12.5. The van der Waals surface area contributed by atoms with Gasteiger partial charge < -0.3 is 25.0 Å². The van der Waals surface area contributed by atoms with Crippen LogP contribution in [-0.4, -0.2) is 100 Å². The molecule has 1 amide bonds. The number of hydrogen-bond acceptors (Lipinski definition) is 5. The van der Waals surface area contributed by atoms with Gasteiger partial charge in [0.15, 0.2) is 5.96 Å². The number of methoxy groups -OCH3 is 1. The molecule has 2 fully saturated rings. The summed E-state index contributed by atoms with van der Waals surface area (Å²) < 4.78 is 11.0. The van der Waals surface area contributed by atoms with Gasteiger partial charge in [0, 0.05) is 64.9 Å². The van der Waals surface area contributed by atoms with Crippen molar-refractivity contribution in [2.75, 3.05) is 66.6 Å². The lowest BCUT2D eigenvalue weighted by Crippen LogP contribution is -2.65. The minimum atomic E-state index is 0. The van der Waals surface area contributed by atoms with Gasteiger partial charge >= 0.3 is 0 Å². The summed E-state index contributed by atoms with van der Waals surface area (Å²) in [6.07, 6.45) is 3.64. The zero-order valence-electron chi connectivity index (χ0n) is 19.4. The lowest BCUT2D eigenvalue weighted by atomic mass is 9.64. The monoisotopic (exact) mass is 539 g/mol. The van der Waals surface area contributed by atoms with Crippen molar-refractivity contribution in [3.8, 4) is 0 Å². The molecule has 0 aromatic carbocycles. The number of nitrogens with one attached hydrogen (secondary N) is 2. The second-order valence-corrected chi connectivity index (χ2v) is 8.62. The molecule has 176 valence electrons. The van der Waals surface area contributed by atoms with Crippen LogP contribution in [0, 0.1) is 5.41 Å². The minimum Gasteiger partial charge on any atom is -0.383 e. The Morgan fingerprint density at radius 3 is 2.47 bits per heavy atom. The molecule has 0 bridgehead atoms. The van der Waals surface area contributed by atoms with Crippen LogP contribution in [0.1, 0.15) is 40.0 Å². The van der Waals surface area contributed by atoms with Crippen molar-refractivity contribution in [2.24, 2.45) is 10.4 Å². The molecule has 0 radical (unpaired) electrons. The van der Waals surface area contributed by atoms with Gasteiger partial charge in [-0.3, -0.25) is 14.7 Å². The molecular formula is C21H42IN5O3. The van der Waals surface area contributed by atoms with Crippen LogP contribution in [0.3, 0.4) is 0 Å². The molecule has 0 aromatic rings. The van der Waals surface area contributed by atoms with Crippen molar-refractivity contribution in [3.63, 3.8) is 0 Å². The van der Waals surface area contributed by atoms with E-state index in [2.05, 4.69) is 46.2 Å². The van der Waals surface area contributed by atoms with Crippen molar-refractivity contribution in [2.45, 2.75) is 52.2 Å². The van der Waals surface area contributed by atoms with E-state index in [4.69, 9.17) is 9.47 Å². The van der Waals surface area contributed by atoms with Crippen molar-refractivity contribution < 1.29 is 14.3 Å². The number of carbonyl (C=O) groups excluding carboxylic acids is 1. The highest BCUT2D eigenvalue weighted by Gasteiger charge is 2.49. The van der Waals surface area contributed by atoms with Gasteiger partial charge in [-0.15, -0.1) is 24.0 Å². The summed E-state index contributed by atoms with van der Waals surface area (Å²) in [4.78, 5) is 21.0. The van der Waals surface area contributed by atoms with E-state index in [9.17, 15) is 4.79 Å². The first kappa shape index (κ1) is 27.4. The molecule has 2 unspecified atom stereocenters. The number of piperazine rings is 1. The second kappa shape index (κ2) is 13.7. The normalized spacial score (nSPS) is 24.0. The van der Waals surface area contributed by atoms with Crippen LogP contribution < -0.4 is 10.6 Å². The number of amides is 1. The fourth-order valence-electron chi connectivity index (χ4n) is 3.91. The maximum absolute atomic E-state index is 12.0. The van der Waals surface area contributed by atoms with Crippen LogP contribution in [-0.2, 0) is 14.3 Å². The number of ether oxygens (including phenoxy) is 2. The van der Waals surface area contributed by atoms with Gasteiger partial charge in [-0.25, -0.2) is 0 Å².